The van der Waals surface area contributed by atoms with Gasteiger partial charge in [-0.2, -0.15) is 0 Å². The Morgan fingerprint density at radius 3 is 2.79 bits per heavy atom. The highest BCUT2D eigenvalue weighted by atomic mass is 32.1. The van der Waals surface area contributed by atoms with E-state index in [9.17, 15) is 9.59 Å². The highest BCUT2D eigenvalue weighted by molar-refractivity contribution is 7.13. The molecule has 24 heavy (non-hydrogen) atoms. The lowest BCUT2D eigenvalue weighted by Gasteiger charge is -2.40. The molecule has 1 aliphatic carbocycles. The van der Waals surface area contributed by atoms with Crippen molar-refractivity contribution in [2.24, 2.45) is 0 Å². The number of carbonyl (C=O) groups excluding carboxylic acids is 2. The lowest BCUT2D eigenvalue weighted by atomic mass is 9.91. The van der Waals surface area contributed by atoms with Crippen LogP contribution in [0.1, 0.15) is 52.5 Å². The summed E-state index contributed by atoms with van der Waals surface area (Å²) in [6, 6.07) is 0. The van der Waals surface area contributed by atoms with Crippen molar-refractivity contribution in [2.45, 2.75) is 50.5 Å². The van der Waals surface area contributed by atoms with Crippen LogP contribution >= 0.6 is 11.3 Å². The van der Waals surface area contributed by atoms with Gasteiger partial charge in [-0.05, 0) is 38.5 Å². The summed E-state index contributed by atoms with van der Waals surface area (Å²) in [6.07, 6.45) is 6.42. The number of thiazole rings is 1. The molecule has 1 spiro atoms. The van der Waals surface area contributed by atoms with Gasteiger partial charge in [-0.3, -0.25) is 9.59 Å². The summed E-state index contributed by atoms with van der Waals surface area (Å²) in [5.41, 5.74) is 0.836. The van der Waals surface area contributed by atoms with Crippen LogP contribution in [0.4, 0.5) is 0 Å². The van der Waals surface area contributed by atoms with Crippen molar-refractivity contribution in [1.29, 1.82) is 0 Å². The predicted octanol–water partition coefficient (Wildman–Crippen LogP) is 1.53. The number of nitrogens with zero attached hydrogens (tertiary/aromatic N) is 2. The Bertz CT molecular complexity index is 626. The molecule has 0 aromatic carbocycles. The van der Waals surface area contributed by atoms with Crippen molar-refractivity contribution < 1.29 is 14.3 Å². The molecule has 1 aromatic rings. The van der Waals surface area contributed by atoms with E-state index in [0.717, 1.165) is 31.4 Å². The first-order valence-electron chi connectivity index (χ1n) is 8.84. The molecule has 0 atom stereocenters. The Labute approximate surface area is 145 Å². The summed E-state index contributed by atoms with van der Waals surface area (Å²) >= 11 is 1.58. The lowest BCUT2D eigenvalue weighted by Crippen LogP contribution is -2.52. The Kier molecular flexibility index (Phi) is 4.30. The molecule has 0 bridgehead atoms. The van der Waals surface area contributed by atoms with Gasteiger partial charge >= 0.3 is 0 Å². The van der Waals surface area contributed by atoms with Crippen LogP contribution < -0.4 is 5.32 Å². The van der Waals surface area contributed by atoms with Gasteiger partial charge in [0.2, 0.25) is 5.91 Å². The van der Waals surface area contributed by atoms with Crippen LogP contribution in [0.25, 0.3) is 0 Å². The number of aryl methyl sites for hydroxylation is 2. The summed E-state index contributed by atoms with van der Waals surface area (Å²) in [5.74, 6) is 0.112. The van der Waals surface area contributed by atoms with Gasteiger partial charge in [-0.1, -0.05) is 0 Å². The fraction of sp³-hybridized carbons (Fsp3) is 0.706. The molecule has 1 aromatic heterocycles. The number of amides is 2. The zero-order valence-corrected chi connectivity index (χ0v) is 14.6. The molecule has 0 saturated carbocycles. The molecule has 2 saturated heterocycles. The second-order valence-electron chi connectivity index (χ2n) is 6.95. The number of aromatic nitrogens is 1. The molecular formula is C17H23N3O3S. The topological polar surface area (TPSA) is 71.5 Å². The van der Waals surface area contributed by atoms with Gasteiger partial charge in [0, 0.05) is 30.9 Å². The van der Waals surface area contributed by atoms with Gasteiger partial charge in [0.05, 0.1) is 17.9 Å². The van der Waals surface area contributed by atoms with E-state index < -0.39 is 0 Å². The van der Waals surface area contributed by atoms with E-state index in [4.69, 9.17) is 4.74 Å². The molecule has 3 heterocycles. The zero-order chi connectivity index (χ0) is 16.6. The van der Waals surface area contributed by atoms with E-state index in [0.29, 0.717) is 37.7 Å². The zero-order valence-electron chi connectivity index (χ0n) is 13.8. The third-order valence-corrected chi connectivity index (χ3v) is 6.48. The molecule has 130 valence electrons. The van der Waals surface area contributed by atoms with Crippen LogP contribution in [0.3, 0.4) is 0 Å². The number of piperidine rings is 1. The average Bonchev–Trinajstić information content (AvgIpc) is 2.96. The minimum atomic E-state index is -0.301. The number of fused-ring (bicyclic) bond motifs is 1. The third-order valence-electron chi connectivity index (χ3n) is 5.34. The van der Waals surface area contributed by atoms with Crippen molar-refractivity contribution in [3.8, 4) is 0 Å². The van der Waals surface area contributed by atoms with Gasteiger partial charge in [0.25, 0.3) is 5.91 Å². The summed E-state index contributed by atoms with van der Waals surface area (Å²) in [7, 11) is 0. The number of hydrogen-bond acceptors (Lipinski definition) is 5. The van der Waals surface area contributed by atoms with Gasteiger partial charge in [-0.25, -0.2) is 4.98 Å². The van der Waals surface area contributed by atoms with Crippen LogP contribution in [-0.4, -0.2) is 53.5 Å². The van der Waals surface area contributed by atoms with E-state index in [1.807, 2.05) is 4.90 Å². The van der Waals surface area contributed by atoms with Gasteiger partial charge in [0.1, 0.15) is 0 Å². The van der Waals surface area contributed by atoms with Crippen molar-refractivity contribution in [3.05, 3.63) is 15.6 Å². The quantitative estimate of drug-likeness (QED) is 0.835. The summed E-state index contributed by atoms with van der Waals surface area (Å²) in [4.78, 5) is 32.1. The van der Waals surface area contributed by atoms with Crippen molar-refractivity contribution in [1.82, 2.24) is 15.2 Å². The SMILES string of the molecule is O=C1CCOC2(CCN(C(=O)c3nc4c(s3)CCCC4)CC2)CN1. The Hall–Kier alpha value is -1.47. The first kappa shape index (κ1) is 16.0. The monoisotopic (exact) mass is 349 g/mol. The van der Waals surface area contributed by atoms with E-state index in [1.165, 1.54) is 17.7 Å². The van der Waals surface area contributed by atoms with Gasteiger partial charge in [0.15, 0.2) is 5.01 Å². The van der Waals surface area contributed by atoms with Crippen LogP contribution in [0.2, 0.25) is 0 Å². The molecule has 2 fully saturated rings. The minimum Gasteiger partial charge on any atom is -0.372 e. The lowest BCUT2D eigenvalue weighted by molar-refractivity contribution is -0.120. The first-order chi connectivity index (χ1) is 11.7. The van der Waals surface area contributed by atoms with Crippen LogP contribution in [0, 0.1) is 0 Å². The number of ether oxygens (including phenoxy) is 1. The smallest absolute Gasteiger partial charge is 0.282 e. The molecule has 2 amide bonds. The fourth-order valence-electron chi connectivity index (χ4n) is 3.78. The molecule has 2 aliphatic heterocycles. The van der Waals surface area contributed by atoms with E-state index in [2.05, 4.69) is 10.3 Å². The number of hydrogen-bond donors (Lipinski definition) is 1. The van der Waals surface area contributed by atoms with Crippen molar-refractivity contribution in [3.63, 3.8) is 0 Å². The molecule has 6 nitrogen and oxygen atoms in total. The molecule has 7 heteroatoms. The Morgan fingerprint density at radius 2 is 2.00 bits per heavy atom. The minimum absolute atomic E-state index is 0.0544. The standard InChI is InChI=1S/C17H23N3O3S/c21-14-5-10-23-17(11-18-14)6-8-20(9-7-17)16(22)15-19-12-3-1-2-4-13(12)24-15/h1-11H2,(H,18,21). The fourth-order valence-corrected chi connectivity index (χ4v) is 4.89. The highest BCUT2D eigenvalue weighted by Gasteiger charge is 2.39. The Balaban J connectivity index is 1.41. The normalized spacial score (nSPS) is 23.5. The van der Waals surface area contributed by atoms with Crippen LogP contribution in [0.5, 0.6) is 0 Å². The average molecular weight is 349 g/mol. The summed E-state index contributed by atoms with van der Waals surface area (Å²) < 4.78 is 5.97. The predicted molar refractivity (Wildman–Crippen MR) is 90.2 cm³/mol. The molecule has 0 radical (unpaired) electrons. The largest absolute Gasteiger partial charge is 0.372 e. The highest BCUT2D eigenvalue weighted by Crippen LogP contribution is 2.31. The number of likely N-dealkylation sites (tertiary alicyclic amines) is 1. The molecule has 3 aliphatic rings. The molecule has 1 N–H and O–H groups in total. The van der Waals surface area contributed by atoms with Crippen molar-refractivity contribution in [2.75, 3.05) is 26.2 Å². The van der Waals surface area contributed by atoms with Crippen LogP contribution in [0.15, 0.2) is 0 Å². The van der Waals surface area contributed by atoms with E-state index in [-0.39, 0.29) is 17.4 Å². The maximum atomic E-state index is 12.8. The molecular weight excluding hydrogens is 326 g/mol. The maximum Gasteiger partial charge on any atom is 0.282 e. The van der Waals surface area contributed by atoms with Crippen molar-refractivity contribution >= 4 is 23.2 Å². The van der Waals surface area contributed by atoms with Gasteiger partial charge in [-0.15, -0.1) is 11.3 Å². The molecule has 4 rings (SSSR count). The number of carbonyl (C=O) groups is 2. The second kappa shape index (κ2) is 6.44. The van der Waals surface area contributed by atoms with Gasteiger partial charge < -0.3 is 15.0 Å². The maximum absolute atomic E-state index is 12.8. The summed E-state index contributed by atoms with van der Waals surface area (Å²) in [6.45, 7) is 2.36. The van der Waals surface area contributed by atoms with E-state index in [1.54, 1.807) is 11.3 Å². The summed E-state index contributed by atoms with van der Waals surface area (Å²) in [5, 5.41) is 3.58. The Morgan fingerprint density at radius 1 is 1.21 bits per heavy atom. The molecule has 0 unspecified atom stereocenters. The number of nitrogens with one attached hydrogen (secondary N) is 1. The third kappa shape index (κ3) is 3.07. The first-order valence-corrected chi connectivity index (χ1v) is 9.65. The van der Waals surface area contributed by atoms with E-state index >= 15 is 0 Å². The second-order valence-corrected chi connectivity index (χ2v) is 8.03. The number of rotatable bonds is 1. The van der Waals surface area contributed by atoms with Crippen LogP contribution in [-0.2, 0) is 22.4 Å².